The summed E-state index contributed by atoms with van der Waals surface area (Å²) >= 11 is 0. The number of hydrogen-bond donors (Lipinski definition) is 1. The van der Waals surface area contributed by atoms with Crippen LogP contribution in [-0.4, -0.2) is 55.2 Å². The lowest BCUT2D eigenvalue weighted by atomic mass is 9.99. The van der Waals surface area contributed by atoms with Gasteiger partial charge >= 0.3 is 0 Å². The molecule has 3 aliphatic rings. The van der Waals surface area contributed by atoms with E-state index in [1.165, 1.54) is 15.9 Å². The van der Waals surface area contributed by atoms with E-state index >= 15 is 0 Å². The third-order valence-corrected chi connectivity index (χ3v) is 8.48. The molecule has 0 aromatic heterocycles. The van der Waals surface area contributed by atoms with Gasteiger partial charge in [-0.2, -0.15) is 4.31 Å². The average molecular weight is 456 g/mol. The first-order valence-corrected chi connectivity index (χ1v) is 12.2. The molecule has 3 heterocycles. The second kappa shape index (κ2) is 7.90. The van der Waals surface area contributed by atoms with Crippen molar-refractivity contribution >= 4 is 27.5 Å². The van der Waals surface area contributed by atoms with Crippen LogP contribution in [0.1, 0.15) is 29.5 Å². The van der Waals surface area contributed by atoms with Crippen LogP contribution in [0.15, 0.2) is 41.3 Å². The molecule has 2 aromatic rings. The second-order valence-electron chi connectivity index (χ2n) is 8.50. The zero-order valence-electron chi connectivity index (χ0n) is 17.8. The van der Waals surface area contributed by atoms with Crippen molar-refractivity contribution in [2.24, 2.45) is 0 Å². The molecule has 3 aliphatic heterocycles. The molecule has 0 radical (unpaired) electrons. The van der Waals surface area contributed by atoms with Crippen LogP contribution in [0.5, 0.6) is 5.75 Å². The van der Waals surface area contributed by atoms with Crippen molar-refractivity contribution in [3.8, 4) is 5.75 Å². The topological polar surface area (TPSA) is 96.0 Å². The van der Waals surface area contributed by atoms with Gasteiger partial charge in [0.05, 0.1) is 10.6 Å². The van der Waals surface area contributed by atoms with Gasteiger partial charge in [-0.3, -0.25) is 9.59 Å². The number of fused-ring (bicyclic) bond motifs is 2. The largest absolute Gasteiger partial charge is 0.482 e. The summed E-state index contributed by atoms with van der Waals surface area (Å²) in [4.78, 5) is 26.9. The Kier molecular flexibility index (Phi) is 5.17. The first-order chi connectivity index (χ1) is 15.3. The van der Waals surface area contributed by atoms with Crippen LogP contribution in [0, 0.1) is 6.92 Å². The van der Waals surface area contributed by atoms with Crippen LogP contribution in [0.3, 0.4) is 0 Å². The first kappa shape index (κ1) is 21.0. The van der Waals surface area contributed by atoms with E-state index in [2.05, 4.69) is 11.4 Å². The van der Waals surface area contributed by atoms with E-state index in [1.807, 2.05) is 18.2 Å². The van der Waals surface area contributed by atoms with Gasteiger partial charge in [0, 0.05) is 25.7 Å². The Balaban J connectivity index is 1.42. The maximum atomic E-state index is 13.6. The van der Waals surface area contributed by atoms with E-state index in [1.54, 1.807) is 17.9 Å². The van der Waals surface area contributed by atoms with Gasteiger partial charge in [0.15, 0.2) is 6.61 Å². The summed E-state index contributed by atoms with van der Waals surface area (Å²) in [6.07, 6.45) is 1.91. The number of ether oxygens (including phenoxy) is 1. The molecule has 2 aromatic carbocycles. The minimum absolute atomic E-state index is 0.107. The molecule has 0 bridgehead atoms. The minimum Gasteiger partial charge on any atom is -0.482 e. The molecule has 8 nitrogen and oxygen atoms in total. The van der Waals surface area contributed by atoms with E-state index < -0.39 is 16.1 Å². The number of anilines is 1. The summed E-state index contributed by atoms with van der Waals surface area (Å²) in [5, 5.41) is 2.69. The standard InChI is InChI=1S/C23H25N3O5S/c1-15-11-18-20(31-14-22(27)24-18)12-21(15)32(29,30)26-9-4-7-19(26)23(28)25-10-8-16-5-2-3-6-17(16)13-25/h2-3,5-6,11-12,19H,4,7-10,13-14H2,1H3,(H,24,27). The lowest BCUT2D eigenvalue weighted by Crippen LogP contribution is -2.49. The Morgan fingerprint density at radius 1 is 1.16 bits per heavy atom. The van der Waals surface area contributed by atoms with Gasteiger partial charge in [0.1, 0.15) is 11.8 Å². The van der Waals surface area contributed by atoms with Gasteiger partial charge in [-0.05, 0) is 48.9 Å². The molecule has 1 N–H and O–H groups in total. The van der Waals surface area contributed by atoms with E-state index in [9.17, 15) is 18.0 Å². The summed E-state index contributed by atoms with van der Waals surface area (Å²) in [7, 11) is -3.92. The van der Waals surface area contributed by atoms with Crippen LogP contribution >= 0.6 is 0 Å². The Bertz CT molecular complexity index is 1210. The number of carbonyl (C=O) groups is 2. The van der Waals surface area contributed by atoms with Crippen molar-refractivity contribution in [3.05, 3.63) is 53.1 Å². The highest BCUT2D eigenvalue weighted by Crippen LogP contribution is 2.36. The van der Waals surface area contributed by atoms with Gasteiger partial charge in [-0.25, -0.2) is 8.42 Å². The Morgan fingerprint density at radius 3 is 2.75 bits per heavy atom. The number of amides is 2. The quantitative estimate of drug-likeness (QED) is 0.764. The van der Waals surface area contributed by atoms with E-state index in [0.717, 1.165) is 12.0 Å². The van der Waals surface area contributed by atoms with Crippen molar-refractivity contribution in [2.45, 2.75) is 43.7 Å². The van der Waals surface area contributed by atoms with Crippen LogP contribution in [-0.2, 0) is 32.6 Å². The summed E-state index contributed by atoms with van der Waals surface area (Å²) < 4.78 is 34.0. The van der Waals surface area contributed by atoms with Crippen LogP contribution in [0.25, 0.3) is 0 Å². The molecule has 9 heteroatoms. The number of nitrogens with one attached hydrogen (secondary N) is 1. The number of hydrogen-bond acceptors (Lipinski definition) is 5. The molecule has 168 valence electrons. The van der Waals surface area contributed by atoms with Crippen molar-refractivity contribution < 1.29 is 22.7 Å². The lowest BCUT2D eigenvalue weighted by molar-refractivity contribution is -0.135. The van der Waals surface area contributed by atoms with Gasteiger partial charge in [0.2, 0.25) is 15.9 Å². The Hall–Kier alpha value is -2.91. The monoisotopic (exact) mass is 455 g/mol. The fourth-order valence-corrected chi connectivity index (χ4v) is 6.66. The summed E-state index contributed by atoms with van der Waals surface area (Å²) in [6, 6.07) is 10.4. The SMILES string of the molecule is Cc1cc2c(cc1S(=O)(=O)N1CCCC1C(=O)N1CCc3ccccc3C1)OCC(=O)N2. The van der Waals surface area contributed by atoms with E-state index in [-0.39, 0.29) is 23.3 Å². The van der Waals surface area contributed by atoms with E-state index in [4.69, 9.17) is 4.74 Å². The van der Waals surface area contributed by atoms with Gasteiger partial charge in [-0.15, -0.1) is 0 Å². The van der Waals surface area contributed by atoms with Gasteiger partial charge in [-0.1, -0.05) is 24.3 Å². The molecule has 1 fully saturated rings. The number of carbonyl (C=O) groups excluding carboxylic acids is 2. The Labute approximate surface area is 187 Å². The normalized spacial score (nSPS) is 20.8. The molecular weight excluding hydrogens is 430 g/mol. The third-order valence-electron chi connectivity index (χ3n) is 6.43. The van der Waals surface area contributed by atoms with Crippen molar-refractivity contribution in [1.29, 1.82) is 0 Å². The van der Waals surface area contributed by atoms with Gasteiger partial charge in [0.25, 0.3) is 5.91 Å². The smallest absolute Gasteiger partial charge is 0.262 e. The molecule has 5 rings (SSSR count). The molecule has 1 atom stereocenters. The van der Waals surface area contributed by atoms with Crippen molar-refractivity contribution in [2.75, 3.05) is 25.0 Å². The van der Waals surface area contributed by atoms with Crippen LogP contribution in [0.4, 0.5) is 5.69 Å². The molecule has 32 heavy (non-hydrogen) atoms. The fraction of sp³-hybridized carbons (Fsp3) is 0.391. The maximum absolute atomic E-state index is 13.6. The third kappa shape index (κ3) is 3.55. The van der Waals surface area contributed by atoms with Crippen LogP contribution < -0.4 is 10.1 Å². The van der Waals surface area contributed by atoms with Crippen molar-refractivity contribution in [1.82, 2.24) is 9.21 Å². The highest BCUT2D eigenvalue weighted by Gasteiger charge is 2.42. The number of benzene rings is 2. The highest BCUT2D eigenvalue weighted by atomic mass is 32.2. The number of rotatable bonds is 3. The van der Waals surface area contributed by atoms with E-state index in [0.29, 0.717) is 49.5 Å². The second-order valence-corrected chi connectivity index (χ2v) is 10.4. The molecule has 0 spiro atoms. The van der Waals surface area contributed by atoms with Gasteiger partial charge < -0.3 is 15.0 Å². The molecule has 1 saturated heterocycles. The zero-order chi connectivity index (χ0) is 22.5. The molecule has 2 amide bonds. The predicted octanol–water partition coefficient (Wildman–Crippen LogP) is 2.06. The fourth-order valence-electron chi connectivity index (χ4n) is 4.79. The maximum Gasteiger partial charge on any atom is 0.262 e. The average Bonchev–Trinajstić information content (AvgIpc) is 3.28. The van der Waals surface area contributed by atoms with Crippen molar-refractivity contribution in [3.63, 3.8) is 0 Å². The highest BCUT2D eigenvalue weighted by molar-refractivity contribution is 7.89. The summed E-state index contributed by atoms with van der Waals surface area (Å²) in [5.41, 5.74) is 3.31. The molecule has 0 aliphatic carbocycles. The first-order valence-electron chi connectivity index (χ1n) is 10.8. The molecular formula is C23H25N3O5S. The molecule has 0 saturated carbocycles. The number of sulfonamides is 1. The number of nitrogens with zero attached hydrogens (tertiary/aromatic N) is 2. The van der Waals surface area contributed by atoms with Crippen LogP contribution in [0.2, 0.25) is 0 Å². The summed E-state index contributed by atoms with van der Waals surface area (Å²) in [5.74, 6) is -0.0935. The lowest BCUT2D eigenvalue weighted by Gasteiger charge is -2.33. The summed E-state index contributed by atoms with van der Waals surface area (Å²) in [6.45, 7) is 2.92. The minimum atomic E-state index is -3.92. The Morgan fingerprint density at radius 2 is 1.94 bits per heavy atom. The molecule has 1 unspecified atom stereocenters. The number of aryl methyl sites for hydroxylation is 1. The zero-order valence-corrected chi connectivity index (χ0v) is 18.7. The predicted molar refractivity (Wildman–Crippen MR) is 118 cm³/mol.